The van der Waals surface area contributed by atoms with E-state index in [0.29, 0.717) is 12.2 Å². The lowest BCUT2D eigenvalue weighted by molar-refractivity contribution is 0.343. The Labute approximate surface area is 163 Å². The van der Waals surface area contributed by atoms with Crippen LogP contribution in [0.2, 0.25) is 0 Å². The minimum Gasteiger partial charge on any atom is -0.341 e. The molecular weight excluding hydrogens is 360 g/mol. The second kappa shape index (κ2) is 9.35. The van der Waals surface area contributed by atoms with Gasteiger partial charge in [0.1, 0.15) is 0 Å². The lowest BCUT2D eigenvalue weighted by Gasteiger charge is -2.30. The Balaban J connectivity index is 0.000000465. The van der Waals surface area contributed by atoms with E-state index in [1.54, 1.807) is 0 Å². The minimum atomic E-state index is -3.67. The maximum Gasteiger partial charge on any atom is 0.261 e. The SMILES string of the molecule is CC(CN(C)C)CN1c2ccccc2CCc2ccccc21.CS(=O)(=O)O. The van der Waals surface area contributed by atoms with Crippen molar-refractivity contribution in [3.8, 4) is 0 Å². The second-order valence-corrected chi connectivity index (χ2v) is 8.93. The molecule has 0 saturated heterocycles. The summed E-state index contributed by atoms with van der Waals surface area (Å²) in [5, 5.41) is 0. The summed E-state index contributed by atoms with van der Waals surface area (Å²) >= 11 is 0. The van der Waals surface area contributed by atoms with Crippen LogP contribution in [-0.2, 0) is 23.0 Å². The average molecular weight is 391 g/mol. The van der Waals surface area contributed by atoms with E-state index in [-0.39, 0.29) is 0 Å². The molecule has 0 saturated carbocycles. The second-order valence-electron chi connectivity index (χ2n) is 7.47. The van der Waals surface area contributed by atoms with Crippen molar-refractivity contribution in [2.24, 2.45) is 5.92 Å². The van der Waals surface area contributed by atoms with Crippen LogP contribution < -0.4 is 4.90 Å². The molecule has 148 valence electrons. The van der Waals surface area contributed by atoms with Crippen LogP contribution in [-0.4, -0.2) is 51.3 Å². The molecule has 0 fully saturated rings. The van der Waals surface area contributed by atoms with Crippen molar-refractivity contribution in [3.63, 3.8) is 0 Å². The Morgan fingerprint density at radius 2 is 1.41 bits per heavy atom. The van der Waals surface area contributed by atoms with Crippen LogP contribution >= 0.6 is 0 Å². The van der Waals surface area contributed by atoms with Gasteiger partial charge >= 0.3 is 0 Å². The molecule has 0 radical (unpaired) electrons. The van der Waals surface area contributed by atoms with Gasteiger partial charge in [0.05, 0.1) is 6.26 Å². The zero-order chi connectivity index (χ0) is 20.0. The number of hydrogen-bond acceptors (Lipinski definition) is 4. The van der Waals surface area contributed by atoms with Crippen molar-refractivity contribution in [1.82, 2.24) is 4.90 Å². The third-order valence-electron chi connectivity index (χ3n) is 4.40. The molecule has 0 aromatic heterocycles. The first-order chi connectivity index (χ1) is 12.6. The molecule has 0 bridgehead atoms. The van der Waals surface area contributed by atoms with Gasteiger partial charge in [0, 0.05) is 24.5 Å². The third-order valence-corrected chi connectivity index (χ3v) is 4.40. The van der Waals surface area contributed by atoms with E-state index in [0.717, 1.165) is 25.9 Å². The number of benzene rings is 2. The number of nitrogens with zero attached hydrogens (tertiary/aromatic N) is 2. The lowest BCUT2D eigenvalue weighted by atomic mass is 10.0. The highest BCUT2D eigenvalue weighted by Gasteiger charge is 2.21. The molecule has 2 aromatic carbocycles. The van der Waals surface area contributed by atoms with Crippen LogP contribution in [0.1, 0.15) is 18.1 Å². The average Bonchev–Trinajstić information content (AvgIpc) is 2.71. The minimum absolute atomic E-state index is 0.620. The third kappa shape index (κ3) is 6.97. The lowest BCUT2D eigenvalue weighted by Crippen LogP contribution is -2.30. The summed E-state index contributed by atoms with van der Waals surface area (Å²) in [5.74, 6) is 0.620. The van der Waals surface area contributed by atoms with E-state index >= 15 is 0 Å². The summed E-state index contributed by atoms with van der Waals surface area (Å²) in [7, 11) is 0.641. The fraction of sp³-hybridized carbons (Fsp3) is 0.429. The Bertz CT molecular complexity index is 795. The van der Waals surface area contributed by atoms with E-state index in [1.165, 1.54) is 22.5 Å². The van der Waals surface area contributed by atoms with Gasteiger partial charge in [-0.15, -0.1) is 0 Å². The summed E-state index contributed by atoms with van der Waals surface area (Å²) < 4.78 is 25.9. The van der Waals surface area contributed by atoms with E-state index in [9.17, 15) is 8.42 Å². The molecule has 1 heterocycles. The molecular formula is C21H30N2O3S. The van der Waals surface area contributed by atoms with Crippen molar-refractivity contribution in [3.05, 3.63) is 59.7 Å². The summed E-state index contributed by atoms with van der Waals surface area (Å²) in [5.41, 5.74) is 5.71. The largest absolute Gasteiger partial charge is 0.341 e. The zero-order valence-electron chi connectivity index (χ0n) is 16.6. The van der Waals surface area contributed by atoms with Crippen molar-refractivity contribution in [2.45, 2.75) is 19.8 Å². The summed E-state index contributed by atoms with van der Waals surface area (Å²) in [4.78, 5) is 4.81. The van der Waals surface area contributed by atoms with E-state index in [1.807, 2.05) is 0 Å². The van der Waals surface area contributed by atoms with E-state index in [2.05, 4.69) is 79.3 Å². The summed E-state index contributed by atoms with van der Waals surface area (Å²) in [6.07, 6.45) is 2.98. The molecule has 1 unspecified atom stereocenters. The smallest absolute Gasteiger partial charge is 0.261 e. The number of anilines is 2. The Morgan fingerprint density at radius 3 is 1.81 bits per heavy atom. The van der Waals surface area contributed by atoms with Gasteiger partial charge in [0.25, 0.3) is 10.1 Å². The molecule has 0 amide bonds. The number of rotatable bonds is 4. The van der Waals surface area contributed by atoms with Crippen molar-refractivity contribution in [2.75, 3.05) is 38.3 Å². The standard InChI is InChI=1S/C20H26N2.CH4O3S/c1-16(14-21(2)3)15-22-19-10-6-4-8-17(19)12-13-18-9-5-7-11-20(18)22;1-5(2,3)4/h4-11,16H,12-15H2,1-3H3;1H3,(H,2,3,4). The Hall–Kier alpha value is -1.89. The fourth-order valence-electron chi connectivity index (χ4n) is 3.56. The van der Waals surface area contributed by atoms with Crippen LogP contribution in [0.3, 0.4) is 0 Å². The normalized spacial score (nSPS) is 14.5. The molecule has 1 N–H and O–H groups in total. The molecule has 3 rings (SSSR count). The van der Waals surface area contributed by atoms with Gasteiger partial charge in [-0.3, -0.25) is 4.55 Å². The first-order valence-corrected chi connectivity index (χ1v) is 11.0. The number of aryl methyl sites for hydroxylation is 2. The fourth-order valence-corrected chi connectivity index (χ4v) is 3.56. The van der Waals surface area contributed by atoms with Crippen LogP contribution in [0.5, 0.6) is 0 Å². The monoisotopic (exact) mass is 390 g/mol. The summed E-state index contributed by atoms with van der Waals surface area (Å²) in [6, 6.07) is 17.8. The highest BCUT2D eigenvalue weighted by molar-refractivity contribution is 7.85. The molecule has 5 nitrogen and oxygen atoms in total. The molecule has 1 aliphatic heterocycles. The van der Waals surface area contributed by atoms with E-state index in [4.69, 9.17) is 4.55 Å². The molecule has 0 spiro atoms. The highest BCUT2D eigenvalue weighted by atomic mass is 32.2. The van der Waals surface area contributed by atoms with Gasteiger partial charge in [0.2, 0.25) is 0 Å². The quantitative estimate of drug-likeness (QED) is 0.808. The Kier molecular flexibility index (Phi) is 7.41. The van der Waals surface area contributed by atoms with Gasteiger partial charge in [-0.1, -0.05) is 43.3 Å². The predicted octanol–water partition coefficient (Wildman–Crippen LogP) is 3.63. The zero-order valence-corrected chi connectivity index (χ0v) is 17.4. The van der Waals surface area contributed by atoms with Crippen molar-refractivity contribution >= 4 is 21.5 Å². The number of para-hydroxylation sites is 2. The molecule has 2 aromatic rings. The predicted molar refractivity (Wildman–Crippen MR) is 112 cm³/mol. The topological polar surface area (TPSA) is 60.9 Å². The van der Waals surface area contributed by atoms with E-state index < -0.39 is 10.1 Å². The van der Waals surface area contributed by atoms with Crippen LogP contribution in [0.4, 0.5) is 11.4 Å². The number of fused-ring (bicyclic) bond motifs is 2. The van der Waals surface area contributed by atoms with Gasteiger partial charge in [-0.25, -0.2) is 0 Å². The van der Waals surface area contributed by atoms with Gasteiger partial charge in [-0.2, -0.15) is 8.42 Å². The highest BCUT2D eigenvalue weighted by Crippen LogP contribution is 2.36. The molecule has 27 heavy (non-hydrogen) atoms. The Morgan fingerprint density at radius 1 is 1.00 bits per heavy atom. The van der Waals surface area contributed by atoms with Crippen LogP contribution in [0.15, 0.2) is 48.5 Å². The van der Waals surface area contributed by atoms with Gasteiger partial charge in [-0.05, 0) is 56.1 Å². The first-order valence-electron chi connectivity index (χ1n) is 9.15. The first kappa shape index (κ1) is 21.4. The van der Waals surface area contributed by atoms with Crippen molar-refractivity contribution in [1.29, 1.82) is 0 Å². The molecule has 6 heteroatoms. The van der Waals surface area contributed by atoms with Crippen LogP contribution in [0.25, 0.3) is 0 Å². The maximum absolute atomic E-state index is 9.19. The summed E-state index contributed by atoms with van der Waals surface area (Å²) in [6.45, 7) is 4.52. The molecule has 0 aliphatic carbocycles. The maximum atomic E-state index is 9.19. The number of hydrogen-bond donors (Lipinski definition) is 1. The van der Waals surface area contributed by atoms with Gasteiger partial charge < -0.3 is 9.80 Å². The van der Waals surface area contributed by atoms with Crippen molar-refractivity contribution < 1.29 is 13.0 Å². The molecule has 1 aliphatic rings. The molecule has 1 atom stereocenters. The van der Waals surface area contributed by atoms with Crippen LogP contribution in [0, 0.1) is 5.92 Å². The van der Waals surface area contributed by atoms with Gasteiger partial charge in [0.15, 0.2) is 0 Å².